The van der Waals surface area contributed by atoms with E-state index in [0.717, 1.165) is 12.1 Å². The Morgan fingerprint density at radius 2 is 2.05 bits per heavy atom. The van der Waals surface area contributed by atoms with Crippen LogP contribution in [0.4, 0.5) is 5.69 Å². The van der Waals surface area contributed by atoms with E-state index in [0.29, 0.717) is 6.42 Å². The molecule has 0 aliphatic carbocycles. The van der Waals surface area contributed by atoms with Crippen molar-refractivity contribution in [3.63, 3.8) is 0 Å². The first kappa shape index (κ1) is 15.1. The van der Waals surface area contributed by atoms with Gasteiger partial charge in [-0.2, -0.15) is 0 Å². The van der Waals surface area contributed by atoms with Crippen LogP contribution in [0, 0.1) is 10.1 Å². The molecule has 1 aromatic rings. The van der Waals surface area contributed by atoms with Crippen molar-refractivity contribution in [3.05, 3.63) is 38.9 Å². The zero-order valence-electron chi connectivity index (χ0n) is 10.5. The first-order valence-corrected chi connectivity index (χ1v) is 6.01. The van der Waals surface area contributed by atoms with Gasteiger partial charge in [-0.1, -0.05) is 18.5 Å². The lowest BCUT2D eigenvalue weighted by Gasteiger charge is -2.11. The number of nitro benzene ring substituents is 1. The molecule has 0 radical (unpaired) electrons. The van der Waals surface area contributed by atoms with E-state index in [1.807, 2.05) is 0 Å². The van der Waals surface area contributed by atoms with Crippen LogP contribution in [0.1, 0.15) is 30.6 Å². The summed E-state index contributed by atoms with van der Waals surface area (Å²) in [6.07, 6.45) is 0.303. The monoisotopic (exact) mass is 284 g/mol. The lowest BCUT2D eigenvalue weighted by molar-refractivity contribution is -0.384. The zero-order chi connectivity index (χ0) is 14.6. The van der Waals surface area contributed by atoms with Gasteiger partial charge >= 0.3 is 0 Å². The largest absolute Gasteiger partial charge is 0.343 e. The second-order valence-electron chi connectivity index (χ2n) is 3.97. The number of carbonyl (C=O) groups is 2. The molecule has 1 unspecified atom stereocenters. The summed E-state index contributed by atoms with van der Waals surface area (Å²) < 4.78 is 0. The van der Waals surface area contributed by atoms with Crippen molar-refractivity contribution >= 4 is 29.0 Å². The smallest absolute Gasteiger partial charge is 0.271 e. The van der Waals surface area contributed by atoms with Crippen LogP contribution in [-0.4, -0.2) is 22.7 Å². The molecule has 6 nitrogen and oxygen atoms in total. The maximum Gasteiger partial charge on any atom is 0.271 e. The standard InChI is InChI=1S/C12H13ClN2O4/c1-3-11(16)7(2)14-12(17)8-4-9(13)6-10(5-8)15(18)19/h4-7H,3H2,1-2H3,(H,14,17). The Morgan fingerprint density at radius 3 is 2.58 bits per heavy atom. The number of rotatable bonds is 5. The number of ketones is 1. The van der Waals surface area contributed by atoms with Crippen LogP contribution in [0.25, 0.3) is 0 Å². The molecule has 7 heteroatoms. The second kappa shape index (κ2) is 6.29. The summed E-state index contributed by atoms with van der Waals surface area (Å²) >= 11 is 5.71. The molecule has 0 heterocycles. The Labute approximate surface area is 114 Å². The third-order valence-corrected chi connectivity index (χ3v) is 2.75. The van der Waals surface area contributed by atoms with E-state index >= 15 is 0 Å². The highest BCUT2D eigenvalue weighted by Gasteiger charge is 2.18. The van der Waals surface area contributed by atoms with Gasteiger partial charge in [-0.3, -0.25) is 19.7 Å². The molecule has 102 valence electrons. The molecule has 0 saturated heterocycles. The Bertz CT molecular complexity index is 530. The summed E-state index contributed by atoms with van der Waals surface area (Å²) in [6.45, 7) is 3.25. The molecule has 0 saturated carbocycles. The number of hydrogen-bond donors (Lipinski definition) is 1. The van der Waals surface area contributed by atoms with E-state index in [2.05, 4.69) is 5.32 Å². The van der Waals surface area contributed by atoms with E-state index < -0.39 is 16.9 Å². The van der Waals surface area contributed by atoms with E-state index in [-0.39, 0.29) is 22.1 Å². The van der Waals surface area contributed by atoms with E-state index in [9.17, 15) is 19.7 Å². The number of amides is 1. The average Bonchev–Trinajstić information content (AvgIpc) is 2.36. The summed E-state index contributed by atoms with van der Waals surface area (Å²) in [6, 6.07) is 2.94. The minimum Gasteiger partial charge on any atom is -0.343 e. The predicted molar refractivity (Wildman–Crippen MR) is 70.3 cm³/mol. The first-order valence-electron chi connectivity index (χ1n) is 5.63. The fraction of sp³-hybridized carbons (Fsp3) is 0.333. The van der Waals surface area contributed by atoms with Crippen LogP contribution in [-0.2, 0) is 4.79 Å². The third kappa shape index (κ3) is 4.03. The number of Topliss-reactive ketones (excluding diaryl/α,β-unsaturated/α-hetero) is 1. The highest BCUT2D eigenvalue weighted by atomic mass is 35.5. The van der Waals surface area contributed by atoms with Gasteiger partial charge in [0.15, 0.2) is 5.78 Å². The molecule has 19 heavy (non-hydrogen) atoms. The number of benzene rings is 1. The van der Waals surface area contributed by atoms with Crippen LogP contribution in [0.2, 0.25) is 5.02 Å². The molecular formula is C12H13ClN2O4. The third-order valence-electron chi connectivity index (χ3n) is 2.53. The number of hydrogen-bond acceptors (Lipinski definition) is 4. The number of nitro groups is 1. The summed E-state index contributed by atoms with van der Waals surface area (Å²) in [5.41, 5.74) is -0.220. The number of carbonyl (C=O) groups excluding carboxylic acids is 2. The lowest BCUT2D eigenvalue weighted by atomic mass is 10.1. The van der Waals surface area contributed by atoms with Gasteiger partial charge in [0.25, 0.3) is 11.6 Å². The molecule has 1 rings (SSSR count). The van der Waals surface area contributed by atoms with E-state index in [4.69, 9.17) is 11.6 Å². The van der Waals surface area contributed by atoms with Gasteiger partial charge in [-0.15, -0.1) is 0 Å². The van der Waals surface area contributed by atoms with Crippen LogP contribution in [0.3, 0.4) is 0 Å². The summed E-state index contributed by atoms with van der Waals surface area (Å²) in [4.78, 5) is 33.3. The maximum absolute atomic E-state index is 11.9. The topological polar surface area (TPSA) is 89.3 Å². The van der Waals surface area contributed by atoms with Gasteiger partial charge < -0.3 is 5.32 Å². The number of non-ortho nitro benzene ring substituents is 1. The Kier molecular flexibility index (Phi) is 5.00. The molecule has 0 aromatic heterocycles. The summed E-state index contributed by atoms with van der Waals surface area (Å²) in [5, 5.41) is 13.2. The van der Waals surface area contributed by atoms with Crippen molar-refractivity contribution in [2.24, 2.45) is 0 Å². The Hall–Kier alpha value is -1.95. The van der Waals surface area contributed by atoms with Crippen LogP contribution in [0.15, 0.2) is 18.2 Å². The van der Waals surface area contributed by atoms with Crippen molar-refractivity contribution in [2.45, 2.75) is 26.3 Å². The summed E-state index contributed by atoms with van der Waals surface area (Å²) in [5.74, 6) is -0.690. The Balaban J connectivity index is 2.94. The van der Waals surface area contributed by atoms with Crippen LogP contribution >= 0.6 is 11.6 Å². The van der Waals surface area contributed by atoms with Crippen molar-refractivity contribution in [1.82, 2.24) is 5.32 Å². The lowest BCUT2D eigenvalue weighted by Crippen LogP contribution is -2.38. The molecule has 1 amide bonds. The fourth-order valence-electron chi connectivity index (χ4n) is 1.48. The van der Waals surface area contributed by atoms with Gasteiger partial charge in [0, 0.05) is 29.1 Å². The minimum atomic E-state index is -0.643. The molecule has 1 atom stereocenters. The molecule has 0 bridgehead atoms. The maximum atomic E-state index is 11.9. The zero-order valence-corrected chi connectivity index (χ0v) is 11.2. The van der Waals surface area contributed by atoms with Crippen molar-refractivity contribution in [1.29, 1.82) is 0 Å². The van der Waals surface area contributed by atoms with Crippen molar-refractivity contribution in [2.75, 3.05) is 0 Å². The number of halogens is 1. The van der Waals surface area contributed by atoms with Gasteiger partial charge in [-0.25, -0.2) is 0 Å². The van der Waals surface area contributed by atoms with Gasteiger partial charge in [0.1, 0.15) is 0 Å². The molecule has 1 aromatic carbocycles. The fourth-order valence-corrected chi connectivity index (χ4v) is 1.71. The van der Waals surface area contributed by atoms with E-state index in [1.54, 1.807) is 13.8 Å². The first-order chi connectivity index (χ1) is 8.85. The second-order valence-corrected chi connectivity index (χ2v) is 4.41. The molecular weight excluding hydrogens is 272 g/mol. The quantitative estimate of drug-likeness (QED) is 0.664. The van der Waals surface area contributed by atoms with Crippen LogP contribution in [0.5, 0.6) is 0 Å². The van der Waals surface area contributed by atoms with Gasteiger partial charge in [-0.05, 0) is 13.0 Å². The highest BCUT2D eigenvalue weighted by Crippen LogP contribution is 2.20. The van der Waals surface area contributed by atoms with Gasteiger partial charge in [0.05, 0.1) is 11.0 Å². The molecule has 0 aliphatic heterocycles. The summed E-state index contributed by atoms with van der Waals surface area (Å²) in [7, 11) is 0. The van der Waals surface area contributed by atoms with Crippen LogP contribution < -0.4 is 5.32 Å². The molecule has 1 N–H and O–H groups in total. The highest BCUT2D eigenvalue weighted by molar-refractivity contribution is 6.31. The molecule has 0 spiro atoms. The molecule has 0 fully saturated rings. The normalized spacial score (nSPS) is 11.7. The SMILES string of the molecule is CCC(=O)C(C)NC(=O)c1cc(Cl)cc([N+](=O)[O-])c1. The van der Waals surface area contributed by atoms with Gasteiger partial charge in [0.2, 0.25) is 0 Å². The van der Waals surface area contributed by atoms with Crippen molar-refractivity contribution in [3.8, 4) is 0 Å². The van der Waals surface area contributed by atoms with Crippen molar-refractivity contribution < 1.29 is 14.5 Å². The molecule has 0 aliphatic rings. The number of nitrogens with one attached hydrogen (secondary N) is 1. The minimum absolute atomic E-state index is 0.0509. The predicted octanol–water partition coefficient (Wildman–Crippen LogP) is 2.35. The van der Waals surface area contributed by atoms with E-state index in [1.165, 1.54) is 6.07 Å². The Morgan fingerprint density at radius 1 is 1.42 bits per heavy atom. The number of nitrogens with zero attached hydrogens (tertiary/aromatic N) is 1. The average molecular weight is 285 g/mol.